The second-order valence-corrected chi connectivity index (χ2v) is 5.61. The van der Waals surface area contributed by atoms with Gasteiger partial charge in [0.25, 0.3) is 11.5 Å². The zero-order chi connectivity index (χ0) is 14.9. The lowest BCUT2D eigenvalue weighted by Gasteiger charge is -2.21. The molecule has 0 bridgehead atoms. The lowest BCUT2D eigenvalue weighted by atomic mass is 9.94. The van der Waals surface area contributed by atoms with Crippen molar-refractivity contribution in [2.24, 2.45) is 0 Å². The first-order valence-corrected chi connectivity index (χ1v) is 6.62. The van der Waals surface area contributed by atoms with Crippen molar-refractivity contribution in [3.8, 4) is 0 Å². The summed E-state index contributed by atoms with van der Waals surface area (Å²) >= 11 is 0. The van der Waals surface area contributed by atoms with Crippen LogP contribution < -0.4 is 10.9 Å². The Morgan fingerprint density at radius 1 is 1.30 bits per heavy atom. The van der Waals surface area contributed by atoms with Crippen molar-refractivity contribution in [1.29, 1.82) is 0 Å². The van der Waals surface area contributed by atoms with Gasteiger partial charge in [-0.15, -0.1) is 0 Å². The van der Waals surface area contributed by atoms with Crippen LogP contribution in [0.1, 0.15) is 48.3 Å². The molecule has 0 unspecified atom stereocenters. The molecule has 1 aromatic rings. The zero-order valence-electron chi connectivity index (χ0n) is 11.6. The Kier molecular flexibility index (Phi) is 3.65. The van der Waals surface area contributed by atoms with Crippen LogP contribution in [0.3, 0.4) is 0 Å². The summed E-state index contributed by atoms with van der Waals surface area (Å²) in [4.78, 5) is 37.7. The highest BCUT2D eigenvalue weighted by Crippen LogP contribution is 2.18. The number of hydrogen-bond acceptors (Lipinski definition) is 3. The zero-order valence-corrected chi connectivity index (χ0v) is 11.6. The Labute approximate surface area is 116 Å². The fourth-order valence-corrected chi connectivity index (χ4v) is 2.25. The van der Waals surface area contributed by atoms with Gasteiger partial charge in [-0.2, -0.15) is 0 Å². The largest absolute Gasteiger partial charge is 0.480 e. The molecule has 1 amide bonds. The first kappa shape index (κ1) is 14.3. The molecule has 1 aliphatic rings. The van der Waals surface area contributed by atoms with Crippen molar-refractivity contribution in [1.82, 2.24) is 10.3 Å². The fourth-order valence-electron chi connectivity index (χ4n) is 2.25. The number of carboxylic acids is 1. The van der Waals surface area contributed by atoms with E-state index in [0.717, 1.165) is 36.9 Å². The number of carbonyl (C=O) groups is 2. The van der Waals surface area contributed by atoms with Crippen LogP contribution in [0.25, 0.3) is 0 Å². The van der Waals surface area contributed by atoms with E-state index in [2.05, 4.69) is 10.3 Å². The normalized spacial score (nSPS) is 14.5. The average Bonchev–Trinajstić information content (AvgIpc) is 2.37. The van der Waals surface area contributed by atoms with Gasteiger partial charge in [0.15, 0.2) is 0 Å². The summed E-state index contributed by atoms with van der Waals surface area (Å²) in [5.74, 6) is -1.81. The Balaban J connectivity index is 2.31. The van der Waals surface area contributed by atoms with E-state index >= 15 is 0 Å². The number of nitrogens with one attached hydrogen (secondary N) is 2. The summed E-state index contributed by atoms with van der Waals surface area (Å²) in [5.41, 5.74) is -0.0619. The molecule has 0 saturated heterocycles. The number of aryl methyl sites for hydroxylation is 2. The molecular formula is C14H18N2O4. The number of amides is 1. The number of aromatic nitrogens is 1. The van der Waals surface area contributed by atoms with E-state index in [1.165, 1.54) is 13.8 Å². The number of fused-ring (bicyclic) bond motifs is 1. The molecule has 1 aromatic heterocycles. The van der Waals surface area contributed by atoms with Crippen molar-refractivity contribution in [3.05, 3.63) is 33.2 Å². The minimum atomic E-state index is -1.42. The van der Waals surface area contributed by atoms with Crippen molar-refractivity contribution in [2.75, 3.05) is 0 Å². The molecule has 0 fully saturated rings. The van der Waals surface area contributed by atoms with Crippen LogP contribution in [0.15, 0.2) is 10.9 Å². The topological polar surface area (TPSA) is 99.3 Å². The molecule has 2 rings (SSSR count). The van der Waals surface area contributed by atoms with Crippen LogP contribution in [0, 0.1) is 0 Å². The highest BCUT2D eigenvalue weighted by molar-refractivity contribution is 5.97. The Morgan fingerprint density at radius 2 is 1.95 bits per heavy atom. The minimum absolute atomic E-state index is 0.0278. The highest BCUT2D eigenvalue weighted by Gasteiger charge is 2.30. The quantitative estimate of drug-likeness (QED) is 0.763. The van der Waals surface area contributed by atoms with Gasteiger partial charge in [0.05, 0.1) is 0 Å². The molecule has 0 spiro atoms. The van der Waals surface area contributed by atoms with Gasteiger partial charge in [0, 0.05) is 5.69 Å². The standard InChI is InChI=1S/C14H18N2O4/c1-14(2,13(19)20)16-12(18)9-7-8-5-3-4-6-10(8)15-11(9)17/h7H,3-6H2,1-2H3,(H,15,17)(H,16,18)(H,19,20). The molecule has 3 N–H and O–H groups in total. The van der Waals surface area contributed by atoms with Crippen LogP contribution in [0.4, 0.5) is 0 Å². The fraction of sp³-hybridized carbons (Fsp3) is 0.500. The summed E-state index contributed by atoms with van der Waals surface area (Å²) in [6.45, 7) is 2.75. The van der Waals surface area contributed by atoms with Gasteiger partial charge in [0.1, 0.15) is 11.1 Å². The predicted octanol–water partition coefficient (Wildman–Crippen LogP) is 0.847. The number of aliphatic carboxylic acids is 1. The minimum Gasteiger partial charge on any atom is -0.480 e. The third-order valence-electron chi connectivity index (χ3n) is 3.54. The van der Waals surface area contributed by atoms with Crippen LogP contribution in [0.2, 0.25) is 0 Å². The summed E-state index contributed by atoms with van der Waals surface area (Å²) in [6, 6.07) is 1.58. The van der Waals surface area contributed by atoms with Crippen molar-refractivity contribution < 1.29 is 14.7 Å². The average molecular weight is 278 g/mol. The smallest absolute Gasteiger partial charge is 0.328 e. The van der Waals surface area contributed by atoms with E-state index in [-0.39, 0.29) is 5.56 Å². The highest BCUT2D eigenvalue weighted by atomic mass is 16.4. The monoisotopic (exact) mass is 278 g/mol. The van der Waals surface area contributed by atoms with Crippen LogP contribution in [0.5, 0.6) is 0 Å². The van der Waals surface area contributed by atoms with E-state index < -0.39 is 23.0 Å². The summed E-state index contributed by atoms with van der Waals surface area (Å²) in [6.07, 6.45) is 3.70. The Hall–Kier alpha value is -2.11. The van der Waals surface area contributed by atoms with E-state index in [1.54, 1.807) is 6.07 Å². The first-order valence-electron chi connectivity index (χ1n) is 6.62. The maximum Gasteiger partial charge on any atom is 0.328 e. The molecular weight excluding hydrogens is 260 g/mol. The lowest BCUT2D eigenvalue weighted by molar-refractivity contribution is -0.143. The molecule has 6 nitrogen and oxygen atoms in total. The molecule has 0 atom stereocenters. The number of aromatic amines is 1. The van der Waals surface area contributed by atoms with Crippen molar-refractivity contribution >= 4 is 11.9 Å². The first-order chi connectivity index (χ1) is 9.31. The molecule has 20 heavy (non-hydrogen) atoms. The van der Waals surface area contributed by atoms with E-state index in [4.69, 9.17) is 5.11 Å². The van der Waals surface area contributed by atoms with Gasteiger partial charge in [-0.05, 0) is 51.2 Å². The predicted molar refractivity (Wildman–Crippen MR) is 72.9 cm³/mol. The molecule has 0 aromatic carbocycles. The van der Waals surface area contributed by atoms with Crippen LogP contribution >= 0.6 is 0 Å². The number of pyridine rings is 1. The number of carboxylic acid groups (broad SMARTS) is 1. The molecule has 1 aliphatic carbocycles. The molecule has 6 heteroatoms. The van der Waals surface area contributed by atoms with Crippen LogP contribution in [-0.4, -0.2) is 27.5 Å². The third-order valence-corrected chi connectivity index (χ3v) is 3.54. The van der Waals surface area contributed by atoms with Gasteiger partial charge >= 0.3 is 5.97 Å². The van der Waals surface area contributed by atoms with Gasteiger partial charge in [0.2, 0.25) is 0 Å². The summed E-state index contributed by atoms with van der Waals surface area (Å²) in [7, 11) is 0. The number of rotatable bonds is 3. The SMILES string of the molecule is CC(C)(NC(=O)c1cc2c([nH]c1=O)CCCC2)C(=O)O. The molecule has 108 valence electrons. The molecule has 0 saturated carbocycles. The summed E-state index contributed by atoms with van der Waals surface area (Å²) in [5, 5.41) is 11.4. The summed E-state index contributed by atoms with van der Waals surface area (Å²) < 4.78 is 0. The Morgan fingerprint density at radius 3 is 2.60 bits per heavy atom. The van der Waals surface area contributed by atoms with Crippen LogP contribution in [-0.2, 0) is 17.6 Å². The number of carbonyl (C=O) groups excluding carboxylic acids is 1. The van der Waals surface area contributed by atoms with Crippen molar-refractivity contribution in [2.45, 2.75) is 45.1 Å². The van der Waals surface area contributed by atoms with E-state index in [0.29, 0.717) is 0 Å². The lowest BCUT2D eigenvalue weighted by Crippen LogP contribution is -2.50. The Bertz CT molecular complexity index is 616. The maximum atomic E-state index is 12.1. The van der Waals surface area contributed by atoms with Gasteiger partial charge in [-0.25, -0.2) is 4.79 Å². The van der Waals surface area contributed by atoms with Gasteiger partial charge < -0.3 is 15.4 Å². The van der Waals surface area contributed by atoms with Gasteiger partial charge in [-0.3, -0.25) is 9.59 Å². The van der Waals surface area contributed by atoms with Gasteiger partial charge in [-0.1, -0.05) is 0 Å². The maximum absolute atomic E-state index is 12.1. The van der Waals surface area contributed by atoms with E-state index in [9.17, 15) is 14.4 Å². The van der Waals surface area contributed by atoms with E-state index in [1.807, 2.05) is 0 Å². The number of H-pyrrole nitrogens is 1. The second kappa shape index (κ2) is 5.11. The molecule has 0 aliphatic heterocycles. The molecule has 0 radical (unpaired) electrons. The van der Waals surface area contributed by atoms with Crippen molar-refractivity contribution in [3.63, 3.8) is 0 Å². The molecule has 1 heterocycles. The second-order valence-electron chi connectivity index (χ2n) is 5.61. The number of hydrogen-bond donors (Lipinski definition) is 3. The third kappa shape index (κ3) is 2.74.